The van der Waals surface area contributed by atoms with Crippen molar-refractivity contribution < 1.29 is 9.90 Å². The number of aliphatic hydroxyl groups excluding tert-OH is 1. The van der Waals surface area contributed by atoms with Crippen LogP contribution in [0.15, 0.2) is 30.3 Å². The van der Waals surface area contributed by atoms with E-state index in [4.69, 9.17) is 5.11 Å². The molecule has 0 spiro atoms. The van der Waals surface area contributed by atoms with Crippen LogP contribution >= 0.6 is 0 Å². The molecule has 1 rings (SSSR count). The van der Waals surface area contributed by atoms with Crippen molar-refractivity contribution >= 4 is 5.91 Å². The Morgan fingerprint density at radius 1 is 1.38 bits per heavy atom. The van der Waals surface area contributed by atoms with E-state index in [9.17, 15) is 4.79 Å². The highest BCUT2D eigenvalue weighted by atomic mass is 16.3. The van der Waals surface area contributed by atoms with Crippen molar-refractivity contribution in [2.24, 2.45) is 5.92 Å². The molecule has 3 nitrogen and oxygen atoms in total. The third-order valence-corrected chi connectivity index (χ3v) is 2.44. The maximum absolute atomic E-state index is 11.4. The predicted octanol–water partition coefficient (Wildman–Crippen LogP) is 1.36. The van der Waals surface area contributed by atoms with E-state index < -0.39 is 0 Å². The lowest BCUT2D eigenvalue weighted by Crippen LogP contribution is -2.29. The summed E-state index contributed by atoms with van der Waals surface area (Å²) >= 11 is 0. The first-order valence-electron chi connectivity index (χ1n) is 5.64. The maximum Gasteiger partial charge on any atom is 0.220 e. The van der Waals surface area contributed by atoms with Gasteiger partial charge in [0.05, 0.1) is 0 Å². The molecule has 2 N–H and O–H groups in total. The molecule has 1 amide bonds. The van der Waals surface area contributed by atoms with E-state index in [0.29, 0.717) is 13.0 Å². The lowest BCUT2D eigenvalue weighted by atomic mass is 10.1. The van der Waals surface area contributed by atoms with Crippen molar-refractivity contribution in [3.05, 3.63) is 35.9 Å². The zero-order valence-electron chi connectivity index (χ0n) is 9.65. The third-order valence-electron chi connectivity index (χ3n) is 2.44. The minimum atomic E-state index is 0.0455. The molecule has 1 unspecified atom stereocenters. The van der Waals surface area contributed by atoms with Crippen molar-refractivity contribution in [1.82, 2.24) is 5.32 Å². The molecule has 3 heteroatoms. The fourth-order valence-electron chi connectivity index (χ4n) is 1.34. The smallest absolute Gasteiger partial charge is 0.220 e. The number of hydrogen-bond donors (Lipinski definition) is 2. The minimum Gasteiger partial charge on any atom is -0.396 e. The molecular formula is C13H19NO2. The van der Waals surface area contributed by atoms with Gasteiger partial charge in [-0.05, 0) is 17.9 Å². The Morgan fingerprint density at radius 2 is 2.06 bits per heavy atom. The van der Waals surface area contributed by atoms with Crippen LogP contribution in [0.3, 0.4) is 0 Å². The van der Waals surface area contributed by atoms with E-state index in [0.717, 1.165) is 6.42 Å². The molecule has 1 atom stereocenters. The van der Waals surface area contributed by atoms with Crippen LogP contribution in [-0.2, 0) is 11.2 Å². The van der Waals surface area contributed by atoms with Crippen molar-refractivity contribution in [2.45, 2.75) is 19.8 Å². The highest BCUT2D eigenvalue weighted by Gasteiger charge is 2.04. The highest BCUT2D eigenvalue weighted by Crippen LogP contribution is 2.02. The molecule has 0 aliphatic rings. The summed E-state index contributed by atoms with van der Waals surface area (Å²) in [5.41, 5.74) is 1.17. The number of carbonyl (C=O) groups excluding carboxylic acids is 1. The summed E-state index contributed by atoms with van der Waals surface area (Å²) in [6.45, 7) is 2.56. The van der Waals surface area contributed by atoms with Crippen LogP contribution in [0.2, 0.25) is 0 Å². The van der Waals surface area contributed by atoms with E-state index >= 15 is 0 Å². The summed E-state index contributed by atoms with van der Waals surface area (Å²) in [5.74, 6) is 0.171. The van der Waals surface area contributed by atoms with Gasteiger partial charge in [0.2, 0.25) is 5.91 Å². The summed E-state index contributed by atoms with van der Waals surface area (Å²) in [5, 5.41) is 11.6. The molecule has 0 radical (unpaired) electrons. The number of rotatable bonds is 6. The van der Waals surface area contributed by atoms with Gasteiger partial charge in [0.15, 0.2) is 0 Å². The first-order valence-corrected chi connectivity index (χ1v) is 5.64. The minimum absolute atomic E-state index is 0.0455. The van der Waals surface area contributed by atoms with E-state index in [2.05, 4.69) is 5.32 Å². The molecule has 0 aliphatic carbocycles. The second kappa shape index (κ2) is 7.01. The van der Waals surface area contributed by atoms with Gasteiger partial charge < -0.3 is 10.4 Å². The molecule has 0 bridgehead atoms. The summed E-state index contributed by atoms with van der Waals surface area (Å²) in [6, 6.07) is 9.95. The van der Waals surface area contributed by atoms with Crippen LogP contribution in [0.1, 0.15) is 18.9 Å². The molecule has 88 valence electrons. The van der Waals surface area contributed by atoms with Gasteiger partial charge in [-0.2, -0.15) is 0 Å². The Balaban J connectivity index is 2.20. The van der Waals surface area contributed by atoms with Gasteiger partial charge >= 0.3 is 0 Å². The van der Waals surface area contributed by atoms with Gasteiger partial charge in [-0.25, -0.2) is 0 Å². The summed E-state index contributed by atoms with van der Waals surface area (Å²) in [4.78, 5) is 11.4. The second-order valence-corrected chi connectivity index (χ2v) is 4.08. The molecule has 1 aromatic rings. The molecule has 0 aliphatic heterocycles. The molecule has 0 heterocycles. The van der Waals surface area contributed by atoms with Crippen molar-refractivity contribution in [2.75, 3.05) is 13.2 Å². The zero-order valence-corrected chi connectivity index (χ0v) is 9.65. The van der Waals surface area contributed by atoms with Gasteiger partial charge in [-0.1, -0.05) is 37.3 Å². The van der Waals surface area contributed by atoms with Crippen LogP contribution in [0.25, 0.3) is 0 Å². The number of carbonyl (C=O) groups is 1. The maximum atomic E-state index is 11.4. The Hall–Kier alpha value is -1.35. The van der Waals surface area contributed by atoms with Crippen LogP contribution in [0.5, 0.6) is 0 Å². The van der Waals surface area contributed by atoms with Gasteiger partial charge in [-0.15, -0.1) is 0 Å². The zero-order chi connectivity index (χ0) is 11.8. The van der Waals surface area contributed by atoms with Crippen LogP contribution in [-0.4, -0.2) is 24.2 Å². The molecule has 0 saturated heterocycles. The average Bonchev–Trinajstić information content (AvgIpc) is 2.34. The number of amides is 1. The molecule has 1 aromatic carbocycles. The van der Waals surface area contributed by atoms with Crippen molar-refractivity contribution in [1.29, 1.82) is 0 Å². The van der Waals surface area contributed by atoms with Crippen LogP contribution < -0.4 is 5.32 Å². The summed E-state index contributed by atoms with van der Waals surface area (Å²) in [7, 11) is 0. The van der Waals surface area contributed by atoms with Gasteiger partial charge in [0.25, 0.3) is 0 Å². The monoisotopic (exact) mass is 221 g/mol. The van der Waals surface area contributed by atoms with Crippen molar-refractivity contribution in [3.63, 3.8) is 0 Å². The lowest BCUT2D eigenvalue weighted by molar-refractivity contribution is -0.121. The van der Waals surface area contributed by atoms with E-state index in [1.165, 1.54) is 5.56 Å². The third kappa shape index (κ3) is 4.94. The first-order chi connectivity index (χ1) is 7.72. The summed E-state index contributed by atoms with van der Waals surface area (Å²) < 4.78 is 0. The number of aliphatic hydroxyl groups is 1. The quantitative estimate of drug-likeness (QED) is 0.762. The number of benzene rings is 1. The largest absolute Gasteiger partial charge is 0.396 e. The Morgan fingerprint density at radius 3 is 2.69 bits per heavy atom. The van der Waals surface area contributed by atoms with E-state index in [-0.39, 0.29) is 18.4 Å². The van der Waals surface area contributed by atoms with Gasteiger partial charge in [0.1, 0.15) is 0 Å². The Bertz CT molecular complexity index is 311. The normalized spacial score (nSPS) is 12.1. The van der Waals surface area contributed by atoms with Crippen LogP contribution in [0.4, 0.5) is 0 Å². The average molecular weight is 221 g/mol. The fraction of sp³-hybridized carbons (Fsp3) is 0.462. The second-order valence-electron chi connectivity index (χ2n) is 4.08. The lowest BCUT2D eigenvalue weighted by Gasteiger charge is -2.09. The predicted molar refractivity (Wildman–Crippen MR) is 64.0 cm³/mol. The molecule has 16 heavy (non-hydrogen) atoms. The first kappa shape index (κ1) is 12.7. The van der Waals surface area contributed by atoms with Crippen molar-refractivity contribution in [3.8, 4) is 0 Å². The molecule has 0 saturated carbocycles. The Kier molecular flexibility index (Phi) is 5.57. The highest BCUT2D eigenvalue weighted by molar-refractivity contribution is 5.76. The fourth-order valence-corrected chi connectivity index (χ4v) is 1.34. The number of aryl methyl sites for hydroxylation is 1. The Labute approximate surface area is 96.5 Å². The standard InChI is InChI=1S/C13H19NO2/c1-11(10-15)9-14-13(16)8-7-12-5-3-2-4-6-12/h2-6,11,15H,7-10H2,1H3,(H,14,16). The topological polar surface area (TPSA) is 49.3 Å². The molecular weight excluding hydrogens is 202 g/mol. The van der Waals surface area contributed by atoms with Gasteiger partial charge in [0, 0.05) is 19.6 Å². The number of nitrogens with one attached hydrogen (secondary N) is 1. The molecule has 0 fully saturated rings. The number of hydrogen-bond acceptors (Lipinski definition) is 2. The van der Waals surface area contributed by atoms with E-state index in [1.807, 2.05) is 37.3 Å². The van der Waals surface area contributed by atoms with Crippen LogP contribution in [0, 0.1) is 5.92 Å². The molecule has 0 aromatic heterocycles. The van der Waals surface area contributed by atoms with E-state index in [1.54, 1.807) is 0 Å². The SMILES string of the molecule is CC(CO)CNC(=O)CCc1ccccc1. The summed E-state index contributed by atoms with van der Waals surface area (Å²) in [6.07, 6.45) is 1.27. The van der Waals surface area contributed by atoms with Gasteiger partial charge in [-0.3, -0.25) is 4.79 Å².